The number of nitrogens with two attached hydrogens (primary N) is 1. The Hall–Kier alpha value is -4.75. The lowest BCUT2D eigenvalue weighted by atomic mass is 9.82. The molecule has 1 aromatic rings. The number of hydrogen-bond donors (Lipinski definition) is 12. The Kier molecular flexibility index (Phi) is 27.0. The van der Waals surface area contributed by atoms with Crippen LogP contribution < -0.4 is 11.1 Å². The van der Waals surface area contributed by atoms with Gasteiger partial charge in [-0.25, -0.2) is 0 Å². The zero-order chi connectivity index (χ0) is 56.0. The molecule has 20 heteroatoms. The number of nitrogens with one attached hydrogen (secondary N) is 1. The quantitative estimate of drug-likeness (QED) is 0.172. The highest BCUT2D eigenvalue weighted by Gasteiger charge is 2.51. The van der Waals surface area contributed by atoms with Crippen molar-refractivity contribution in [1.82, 2.24) is 5.32 Å². The summed E-state index contributed by atoms with van der Waals surface area (Å²) < 4.78 is 29.0. The molecule has 1 aromatic carbocycles. The second kappa shape index (κ2) is 32.2. The number of allylic oxidation sites excluding steroid dienone is 12. The number of amides is 1. The van der Waals surface area contributed by atoms with E-state index in [0.29, 0.717) is 5.56 Å². The van der Waals surface area contributed by atoms with Gasteiger partial charge in [-0.3, -0.25) is 14.4 Å². The number of fused-ring (bicyclic) bond motifs is 2. The van der Waals surface area contributed by atoms with Crippen LogP contribution in [0.2, 0.25) is 0 Å². The fourth-order valence-electron chi connectivity index (χ4n) is 9.06. The molecule has 20 nitrogen and oxygen atoms in total. The van der Waals surface area contributed by atoms with Crippen molar-refractivity contribution in [3.8, 4) is 0 Å². The van der Waals surface area contributed by atoms with Crippen LogP contribution in [0, 0.1) is 17.8 Å². The van der Waals surface area contributed by atoms with Crippen LogP contribution in [-0.2, 0) is 44.7 Å². The van der Waals surface area contributed by atoms with E-state index in [4.69, 9.17) is 29.4 Å². The monoisotopic (exact) mass is 1070 g/mol. The van der Waals surface area contributed by atoms with Crippen LogP contribution in [0.4, 0.5) is 0 Å². The predicted octanol–water partition coefficient (Wildman–Crippen LogP) is 1.49. The molecule has 0 spiro atoms. The number of carbonyl (C=O) groups excluding carboxylic acids is 3. The molecule has 0 saturated carbocycles. The van der Waals surface area contributed by atoms with Crippen LogP contribution in [0.15, 0.2) is 115 Å². The van der Waals surface area contributed by atoms with Crippen molar-refractivity contribution in [3.05, 3.63) is 121 Å². The van der Waals surface area contributed by atoms with Gasteiger partial charge in [0.05, 0.1) is 85.5 Å². The van der Waals surface area contributed by atoms with Crippen LogP contribution in [0.1, 0.15) is 84.6 Å². The van der Waals surface area contributed by atoms with E-state index in [9.17, 15) is 65.4 Å². The summed E-state index contributed by atoms with van der Waals surface area (Å²) >= 11 is 0. The van der Waals surface area contributed by atoms with Gasteiger partial charge in [0.2, 0.25) is 5.91 Å². The maximum atomic E-state index is 14.0. The Bertz CT molecular complexity index is 2130. The number of esters is 2. The fourth-order valence-corrected chi connectivity index (χ4v) is 9.06. The molecular formula is C56H82N2O18. The second-order valence-corrected chi connectivity index (χ2v) is 20.1. The molecule has 13 N–H and O–H groups in total. The minimum Gasteiger partial charge on any atom is -0.462 e. The average Bonchev–Trinajstić information content (AvgIpc) is 3.36. The summed E-state index contributed by atoms with van der Waals surface area (Å²) in [5.74, 6) is -6.99. The maximum absolute atomic E-state index is 14.0. The summed E-state index contributed by atoms with van der Waals surface area (Å²) in [6, 6.07) is 7.66. The first kappa shape index (κ1) is 63.8. The lowest BCUT2D eigenvalue weighted by molar-refractivity contribution is -0.307. The van der Waals surface area contributed by atoms with Crippen LogP contribution >= 0.6 is 0 Å². The van der Waals surface area contributed by atoms with Crippen molar-refractivity contribution in [1.29, 1.82) is 0 Å². The summed E-state index contributed by atoms with van der Waals surface area (Å²) in [5.41, 5.74) is 6.82. The van der Waals surface area contributed by atoms with Crippen molar-refractivity contribution < 1.29 is 89.1 Å². The summed E-state index contributed by atoms with van der Waals surface area (Å²) in [4.78, 5) is 39.4. The molecule has 3 heterocycles. The van der Waals surface area contributed by atoms with Gasteiger partial charge in [0.1, 0.15) is 25.4 Å². The van der Waals surface area contributed by atoms with E-state index in [1.54, 1.807) is 105 Å². The Morgan fingerprint density at radius 1 is 0.684 bits per heavy atom. The summed E-state index contributed by atoms with van der Waals surface area (Å²) in [7, 11) is 0. The lowest BCUT2D eigenvalue weighted by Crippen LogP contribution is -2.62. The molecule has 0 aliphatic carbocycles. The number of rotatable bonds is 7. The topological polar surface area (TPSA) is 338 Å². The molecule has 3 aliphatic rings. The van der Waals surface area contributed by atoms with E-state index in [0.717, 1.165) is 0 Å². The van der Waals surface area contributed by atoms with E-state index in [2.05, 4.69) is 5.32 Å². The highest BCUT2D eigenvalue weighted by Crippen LogP contribution is 2.38. The zero-order valence-electron chi connectivity index (χ0n) is 43.7. The third kappa shape index (κ3) is 21.6. The van der Waals surface area contributed by atoms with Gasteiger partial charge in [-0.15, -0.1) is 0 Å². The fraction of sp³-hybridized carbons (Fsp3) is 0.589. The van der Waals surface area contributed by atoms with Gasteiger partial charge in [0.25, 0.3) is 0 Å². The Morgan fingerprint density at radius 3 is 1.92 bits per heavy atom. The first-order valence-electron chi connectivity index (χ1n) is 26.0. The molecule has 19 atom stereocenters. The van der Waals surface area contributed by atoms with Gasteiger partial charge in [-0.2, -0.15) is 0 Å². The number of hydrogen-bond acceptors (Lipinski definition) is 19. The van der Waals surface area contributed by atoms with Gasteiger partial charge in [-0.1, -0.05) is 129 Å². The van der Waals surface area contributed by atoms with Crippen molar-refractivity contribution >= 4 is 17.8 Å². The van der Waals surface area contributed by atoms with Gasteiger partial charge in [-0.05, 0) is 38.7 Å². The molecule has 3 aliphatic heterocycles. The molecule has 0 radical (unpaired) electrons. The molecule has 76 heavy (non-hydrogen) atoms. The van der Waals surface area contributed by atoms with E-state index in [-0.39, 0.29) is 38.2 Å². The Labute approximate surface area is 445 Å². The highest BCUT2D eigenvalue weighted by molar-refractivity contribution is 5.84. The summed E-state index contributed by atoms with van der Waals surface area (Å²) in [5, 5.41) is 113. The van der Waals surface area contributed by atoms with Gasteiger partial charge in [0, 0.05) is 37.5 Å². The Balaban J connectivity index is 1.60. The van der Waals surface area contributed by atoms with Crippen LogP contribution in [0.5, 0.6) is 0 Å². The van der Waals surface area contributed by atoms with Gasteiger partial charge >= 0.3 is 11.9 Å². The molecule has 0 unspecified atom stereocenters. The number of benzene rings is 1. The number of cyclic esters (lactones) is 1. The van der Waals surface area contributed by atoms with Crippen molar-refractivity contribution in [2.45, 2.75) is 183 Å². The molecule has 2 fully saturated rings. The molecule has 2 saturated heterocycles. The van der Waals surface area contributed by atoms with Gasteiger partial charge in [0.15, 0.2) is 12.1 Å². The highest BCUT2D eigenvalue weighted by atomic mass is 16.7. The SMILES string of the molecule is C[C@@H]1[C@H](O)[C@@H](C)/C=C/C=C/C=C/C=C/C=C/C=C/C=C/[C@H](O[C@@H]2O[C@H](C)[C@@H](O)[C@H](N)[C@@H]2O)C[C@@H]2O[C@](O)(C[C@@H](O)C[C@@H](O)[C@H](O)CC[C@@H](O)C[C@@H](O)CC(=O)O[C@H]1C)C[C@H](O)[C@H]2C(=O)NCC(=O)OCc1ccccc1. The van der Waals surface area contributed by atoms with E-state index in [1.807, 2.05) is 25.2 Å². The first-order valence-corrected chi connectivity index (χ1v) is 26.0. The smallest absolute Gasteiger partial charge is 0.325 e. The molecule has 4 rings (SSSR count). The Morgan fingerprint density at radius 2 is 1.29 bits per heavy atom. The second-order valence-electron chi connectivity index (χ2n) is 20.1. The van der Waals surface area contributed by atoms with E-state index in [1.165, 1.54) is 13.0 Å². The minimum atomic E-state index is -2.37. The zero-order valence-corrected chi connectivity index (χ0v) is 43.7. The molecule has 2 bridgehead atoms. The third-order valence-corrected chi connectivity index (χ3v) is 13.7. The van der Waals surface area contributed by atoms with Crippen molar-refractivity contribution in [2.24, 2.45) is 23.5 Å². The predicted molar refractivity (Wildman–Crippen MR) is 279 cm³/mol. The van der Waals surface area contributed by atoms with Crippen molar-refractivity contribution in [3.63, 3.8) is 0 Å². The van der Waals surface area contributed by atoms with Crippen molar-refractivity contribution in [2.75, 3.05) is 6.54 Å². The standard InChI is InChI=1S/C56H82N2O18/c1-34-20-16-13-11-9-7-5-6-8-10-12-14-19-23-42(75-55-53(69)50(57)52(68)37(4)74-55)29-46-49(54(70)58-32-48(66)72-33-38-21-17-15-18-22-38)45(64)31-56(71,76-46)30-41(61)27-44(63)43(62)25-24-39(59)26-40(60)28-47(65)73-36(3)35(2)51(34)67/h5-23,34-37,39-46,49-53,55,59-64,67-69,71H,24-33,57H2,1-4H3,(H,58,70)/b6-5+,9-7+,10-8+,13-11+,14-12+,20-16+,23-19+/t34-,35-,36-,37+,39+,40+,41-,42-,43+,44+,45-,46-,49+,50-,51+,52+,53-,55-,56+/m0/s1. The number of aliphatic hydroxyl groups is 10. The molecule has 0 aromatic heterocycles. The third-order valence-electron chi connectivity index (χ3n) is 13.7. The summed E-state index contributed by atoms with van der Waals surface area (Å²) in [6.45, 7) is 6.08. The molecular weight excluding hydrogens is 989 g/mol. The number of ether oxygens (including phenoxy) is 5. The first-order chi connectivity index (χ1) is 36.1. The maximum Gasteiger partial charge on any atom is 0.325 e. The molecule has 1 amide bonds. The number of carbonyl (C=O) groups is 3. The van der Waals surface area contributed by atoms with Gasteiger partial charge < -0.3 is 85.8 Å². The van der Waals surface area contributed by atoms with E-state index < -0.39 is 159 Å². The van der Waals surface area contributed by atoms with Crippen LogP contribution in [0.25, 0.3) is 0 Å². The minimum absolute atomic E-state index is 0.0690. The van der Waals surface area contributed by atoms with E-state index >= 15 is 0 Å². The summed E-state index contributed by atoms with van der Waals surface area (Å²) in [6.07, 6.45) is 3.14. The average molecular weight is 1070 g/mol. The van der Waals surface area contributed by atoms with Crippen LogP contribution in [0.3, 0.4) is 0 Å². The lowest BCUT2D eigenvalue weighted by Gasteiger charge is -2.46. The largest absolute Gasteiger partial charge is 0.462 e. The number of aliphatic hydroxyl groups excluding tert-OH is 9. The normalized spacial score (nSPS) is 40.4. The van der Waals surface area contributed by atoms with Crippen LogP contribution in [-0.4, -0.2) is 173 Å². The molecule has 424 valence electrons.